The SMILES string of the molecule is C=C1OCC(COc2ccc(OCCCCCCCCCCCOc3ccc(-c4ccc(OC(=O)C(=C)C)c(F)c4)cc3)cc2)CO1. The Kier molecular flexibility index (Phi) is 14.5. The molecule has 47 heavy (non-hydrogen) atoms. The zero-order chi connectivity index (χ0) is 33.3. The molecule has 0 atom stereocenters. The van der Waals surface area contributed by atoms with Crippen LogP contribution in [0.2, 0.25) is 0 Å². The van der Waals surface area contributed by atoms with E-state index in [0.29, 0.717) is 37.9 Å². The Morgan fingerprint density at radius 2 is 1.19 bits per heavy atom. The molecule has 3 aromatic rings. The number of benzene rings is 3. The van der Waals surface area contributed by atoms with E-state index in [2.05, 4.69) is 13.2 Å². The summed E-state index contributed by atoms with van der Waals surface area (Å²) in [5, 5.41) is 0. The summed E-state index contributed by atoms with van der Waals surface area (Å²) in [6.45, 7) is 11.8. The Hall–Kier alpha value is -4.46. The Morgan fingerprint density at radius 3 is 1.70 bits per heavy atom. The van der Waals surface area contributed by atoms with Crippen LogP contribution in [-0.2, 0) is 14.3 Å². The monoisotopic (exact) mass is 646 g/mol. The van der Waals surface area contributed by atoms with E-state index >= 15 is 0 Å². The molecule has 0 aromatic heterocycles. The molecule has 0 radical (unpaired) electrons. The first-order chi connectivity index (χ1) is 22.9. The summed E-state index contributed by atoms with van der Waals surface area (Å²) >= 11 is 0. The van der Waals surface area contributed by atoms with E-state index < -0.39 is 11.8 Å². The highest BCUT2D eigenvalue weighted by Gasteiger charge is 2.18. The molecule has 252 valence electrons. The van der Waals surface area contributed by atoms with Crippen LogP contribution in [0, 0.1) is 11.7 Å². The minimum absolute atomic E-state index is 0.112. The maximum Gasteiger partial charge on any atom is 0.338 e. The van der Waals surface area contributed by atoms with Gasteiger partial charge in [0.15, 0.2) is 11.6 Å². The molecular formula is C39H47FO7. The van der Waals surface area contributed by atoms with Gasteiger partial charge in [-0.1, -0.05) is 69.7 Å². The van der Waals surface area contributed by atoms with Crippen molar-refractivity contribution in [2.45, 2.75) is 64.7 Å². The average molecular weight is 647 g/mol. The fraction of sp³-hybridized carbons (Fsp3) is 0.410. The Morgan fingerprint density at radius 1 is 0.723 bits per heavy atom. The van der Waals surface area contributed by atoms with E-state index in [-0.39, 0.29) is 17.2 Å². The maximum atomic E-state index is 14.4. The number of ether oxygens (including phenoxy) is 6. The van der Waals surface area contributed by atoms with Crippen LogP contribution in [0.25, 0.3) is 11.1 Å². The molecule has 0 unspecified atom stereocenters. The molecule has 0 amide bonds. The smallest absolute Gasteiger partial charge is 0.338 e. The van der Waals surface area contributed by atoms with Gasteiger partial charge in [0.2, 0.25) is 0 Å². The Labute approximate surface area is 278 Å². The molecule has 7 nitrogen and oxygen atoms in total. The van der Waals surface area contributed by atoms with Crippen LogP contribution >= 0.6 is 0 Å². The van der Waals surface area contributed by atoms with Gasteiger partial charge in [0, 0.05) is 5.57 Å². The van der Waals surface area contributed by atoms with Gasteiger partial charge in [0.05, 0.1) is 25.7 Å². The second kappa shape index (κ2) is 19.3. The molecule has 8 heteroatoms. The molecule has 3 aromatic carbocycles. The topological polar surface area (TPSA) is 72.5 Å². The molecule has 0 aliphatic carbocycles. The third-order valence-electron chi connectivity index (χ3n) is 7.77. The van der Waals surface area contributed by atoms with Crippen molar-refractivity contribution in [2.24, 2.45) is 5.92 Å². The first kappa shape index (κ1) is 35.4. The van der Waals surface area contributed by atoms with E-state index in [1.807, 2.05) is 48.5 Å². The highest BCUT2D eigenvalue weighted by molar-refractivity contribution is 5.88. The molecule has 4 rings (SSSR count). The lowest BCUT2D eigenvalue weighted by molar-refractivity contribution is -0.130. The average Bonchev–Trinajstić information content (AvgIpc) is 3.08. The molecular weight excluding hydrogens is 599 g/mol. The van der Waals surface area contributed by atoms with Crippen molar-refractivity contribution in [3.8, 4) is 34.1 Å². The van der Waals surface area contributed by atoms with Crippen LogP contribution in [-0.4, -0.2) is 39.0 Å². The number of hydrogen-bond acceptors (Lipinski definition) is 7. The number of carbonyl (C=O) groups excluding carboxylic acids is 1. The second-order valence-corrected chi connectivity index (χ2v) is 11.9. The number of halogens is 1. The van der Waals surface area contributed by atoms with E-state index in [1.54, 1.807) is 6.07 Å². The lowest BCUT2D eigenvalue weighted by atomic mass is 10.1. The predicted octanol–water partition coefficient (Wildman–Crippen LogP) is 9.46. The minimum Gasteiger partial charge on any atom is -0.494 e. The standard InChI is InChI=1S/C39H47FO7/c1-29(2)39(41)47-38-22-15-33(25-37(38)40)32-13-16-34(17-14-32)42-23-11-9-7-5-4-6-8-10-12-24-43-35-18-20-36(21-19-35)46-28-31-26-44-30(3)45-27-31/h13-22,25,31H,1,3-12,23-24,26-28H2,2H3. The Balaban J connectivity index is 0.966. The maximum absolute atomic E-state index is 14.4. The van der Waals surface area contributed by atoms with Crippen molar-refractivity contribution in [1.82, 2.24) is 0 Å². The minimum atomic E-state index is -0.649. The van der Waals surface area contributed by atoms with E-state index in [0.717, 1.165) is 48.7 Å². The molecule has 1 heterocycles. The fourth-order valence-corrected chi connectivity index (χ4v) is 4.97. The number of rotatable bonds is 20. The van der Waals surface area contributed by atoms with Crippen molar-refractivity contribution in [2.75, 3.05) is 33.0 Å². The molecule has 0 N–H and O–H groups in total. The van der Waals surface area contributed by atoms with Gasteiger partial charge in [-0.2, -0.15) is 0 Å². The summed E-state index contributed by atoms with van der Waals surface area (Å²) < 4.78 is 47.7. The van der Waals surface area contributed by atoms with Gasteiger partial charge in [-0.25, -0.2) is 9.18 Å². The van der Waals surface area contributed by atoms with Crippen molar-refractivity contribution in [3.63, 3.8) is 0 Å². The molecule has 0 saturated carbocycles. The Bertz CT molecular complexity index is 1410. The normalized spacial score (nSPS) is 12.9. The van der Waals surface area contributed by atoms with Gasteiger partial charge >= 0.3 is 5.97 Å². The number of hydrogen-bond donors (Lipinski definition) is 0. The molecule has 1 aliphatic rings. The van der Waals surface area contributed by atoms with Crippen LogP contribution in [0.1, 0.15) is 64.7 Å². The lowest BCUT2D eigenvalue weighted by Gasteiger charge is -2.24. The van der Waals surface area contributed by atoms with Crippen LogP contribution in [0.5, 0.6) is 23.0 Å². The highest BCUT2D eigenvalue weighted by atomic mass is 19.1. The third kappa shape index (κ3) is 12.7. The van der Waals surface area contributed by atoms with Gasteiger partial charge < -0.3 is 28.4 Å². The predicted molar refractivity (Wildman–Crippen MR) is 181 cm³/mol. The van der Waals surface area contributed by atoms with Crippen LogP contribution in [0.3, 0.4) is 0 Å². The molecule has 1 aliphatic heterocycles. The van der Waals surface area contributed by atoms with Gasteiger partial charge in [0.25, 0.3) is 5.95 Å². The van der Waals surface area contributed by atoms with Gasteiger partial charge in [-0.15, -0.1) is 0 Å². The van der Waals surface area contributed by atoms with Crippen molar-refractivity contribution < 1.29 is 37.6 Å². The molecule has 0 bridgehead atoms. The number of carbonyl (C=O) groups is 1. The summed E-state index contributed by atoms with van der Waals surface area (Å²) in [4.78, 5) is 11.7. The van der Waals surface area contributed by atoms with E-state index in [9.17, 15) is 9.18 Å². The van der Waals surface area contributed by atoms with Crippen LogP contribution in [0.15, 0.2) is 91.4 Å². The lowest BCUT2D eigenvalue weighted by Crippen LogP contribution is -2.27. The second-order valence-electron chi connectivity index (χ2n) is 11.9. The molecule has 1 fully saturated rings. The number of unbranched alkanes of at least 4 members (excludes halogenated alkanes) is 8. The largest absolute Gasteiger partial charge is 0.494 e. The molecule has 1 saturated heterocycles. The summed E-state index contributed by atoms with van der Waals surface area (Å²) in [5.74, 6) is 1.69. The van der Waals surface area contributed by atoms with Gasteiger partial charge in [-0.3, -0.25) is 0 Å². The molecule has 0 spiro atoms. The first-order valence-corrected chi connectivity index (χ1v) is 16.6. The first-order valence-electron chi connectivity index (χ1n) is 16.6. The highest BCUT2D eigenvalue weighted by Crippen LogP contribution is 2.28. The summed E-state index contributed by atoms with van der Waals surface area (Å²) in [5.41, 5.74) is 1.75. The summed E-state index contributed by atoms with van der Waals surface area (Å²) in [7, 11) is 0. The summed E-state index contributed by atoms with van der Waals surface area (Å²) in [6, 6.07) is 19.9. The van der Waals surface area contributed by atoms with Crippen molar-refractivity contribution in [3.05, 3.63) is 97.2 Å². The van der Waals surface area contributed by atoms with Crippen LogP contribution in [0.4, 0.5) is 4.39 Å². The number of esters is 1. The summed E-state index contributed by atoms with van der Waals surface area (Å²) in [6.07, 6.45) is 10.6. The van der Waals surface area contributed by atoms with Crippen molar-refractivity contribution in [1.29, 1.82) is 0 Å². The quantitative estimate of drug-likeness (QED) is 0.0524. The van der Waals surface area contributed by atoms with Crippen molar-refractivity contribution >= 4 is 5.97 Å². The zero-order valence-corrected chi connectivity index (χ0v) is 27.5. The van der Waals surface area contributed by atoms with Crippen LogP contribution < -0.4 is 18.9 Å². The fourth-order valence-electron chi connectivity index (χ4n) is 4.97. The van der Waals surface area contributed by atoms with E-state index in [4.69, 9.17) is 28.4 Å². The van der Waals surface area contributed by atoms with Gasteiger partial charge in [0.1, 0.15) is 30.5 Å². The van der Waals surface area contributed by atoms with Gasteiger partial charge in [-0.05, 0) is 86.0 Å². The third-order valence-corrected chi connectivity index (χ3v) is 7.77. The zero-order valence-electron chi connectivity index (χ0n) is 27.5. The van der Waals surface area contributed by atoms with E-state index in [1.165, 1.54) is 57.6 Å².